The topological polar surface area (TPSA) is 26.8 Å². The first-order valence-corrected chi connectivity index (χ1v) is 10.9. The van der Waals surface area contributed by atoms with Gasteiger partial charge in [0, 0.05) is 38.6 Å². The molecule has 0 spiro atoms. The van der Waals surface area contributed by atoms with Crippen molar-refractivity contribution in [3.63, 3.8) is 0 Å². The highest BCUT2D eigenvalue weighted by molar-refractivity contribution is 5.79. The molecule has 2 saturated heterocycles. The van der Waals surface area contributed by atoms with Crippen molar-refractivity contribution in [2.75, 3.05) is 50.7 Å². The van der Waals surface area contributed by atoms with E-state index >= 15 is 0 Å². The van der Waals surface area contributed by atoms with Crippen LogP contribution in [0, 0.1) is 17.7 Å². The molecule has 1 aromatic carbocycles. The summed E-state index contributed by atoms with van der Waals surface area (Å²) < 4.78 is 14.0. The van der Waals surface area contributed by atoms with E-state index in [-0.39, 0.29) is 11.7 Å². The lowest BCUT2D eigenvalue weighted by Gasteiger charge is -2.40. The molecule has 2 heterocycles. The fraction of sp³-hybridized carbons (Fsp3) is 0.609. The van der Waals surface area contributed by atoms with Gasteiger partial charge in [-0.15, -0.1) is 0 Å². The van der Waals surface area contributed by atoms with Gasteiger partial charge in [-0.05, 0) is 63.2 Å². The van der Waals surface area contributed by atoms with E-state index in [0.29, 0.717) is 37.8 Å². The van der Waals surface area contributed by atoms with Crippen molar-refractivity contribution in [3.05, 3.63) is 42.2 Å². The van der Waals surface area contributed by atoms with Gasteiger partial charge in [0.25, 0.3) is 0 Å². The van der Waals surface area contributed by atoms with E-state index in [1.165, 1.54) is 31.9 Å². The van der Waals surface area contributed by atoms with Gasteiger partial charge in [-0.2, -0.15) is 0 Å². The molecule has 2 aliphatic heterocycles. The molecule has 1 aromatic rings. The number of rotatable bonds is 4. The maximum absolute atomic E-state index is 14.0. The number of amides is 1. The predicted molar refractivity (Wildman–Crippen MR) is 111 cm³/mol. The Hall–Kier alpha value is -1.88. The zero-order chi connectivity index (χ0) is 19.3. The number of hydrogen-bond donors (Lipinski definition) is 0. The molecular formula is C23H32FN3O. The van der Waals surface area contributed by atoms with Crippen molar-refractivity contribution in [2.45, 2.75) is 32.1 Å². The number of para-hydroxylation sites is 1. The number of halogens is 1. The predicted octanol–water partition coefficient (Wildman–Crippen LogP) is 3.54. The second kappa shape index (κ2) is 9.08. The van der Waals surface area contributed by atoms with E-state index < -0.39 is 0 Å². The number of anilines is 1. The molecule has 0 saturated carbocycles. The minimum atomic E-state index is -0.178. The first-order chi connectivity index (χ1) is 13.7. The number of benzene rings is 1. The highest BCUT2D eigenvalue weighted by atomic mass is 19.1. The molecule has 0 bridgehead atoms. The number of nitrogens with zero attached hydrogens (tertiary/aromatic N) is 3. The molecule has 2 fully saturated rings. The van der Waals surface area contributed by atoms with Crippen LogP contribution in [0.15, 0.2) is 36.4 Å². The van der Waals surface area contributed by atoms with Crippen LogP contribution in [-0.4, -0.2) is 61.5 Å². The molecule has 0 N–H and O–H groups in total. The van der Waals surface area contributed by atoms with E-state index in [2.05, 4.69) is 22.0 Å². The molecule has 0 radical (unpaired) electrons. The largest absolute Gasteiger partial charge is 0.366 e. The van der Waals surface area contributed by atoms with Crippen molar-refractivity contribution < 1.29 is 9.18 Å². The van der Waals surface area contributed by atoms with Gasteiger partial charge in [-0.25, -0.2) is 4.39 Å². The summed E-state index contributed by atoms with van der Waals surface area (Å²) in [6, 6.07) is 6.91. The lowest BCUT2D eigenvalue weighted by molar-refractivity contribution is -0.137. The summed E-state index contributed by atoms with van der Waals surface area (Å²) >= 11 is 0. The summed E-state index contributed by atoms with van der Waals surface area (Å²) in [6.45, 7) is 6.09. The third-order valence-electron chi connectivity index (χ3n) is 6.62. The average Bonchev–Trinajstić information content (AvgIpc) is 2.75. The van der Waals surface area contributed by atoms with Gasteiger partial charge in [-0.1, -0.05) is 24.3 Å². The van der Waals surface area contributed by atoms with Crippen molar-refractivity contribution >= 4 is 11.6 Å². The Labute approximate surface area is 168 Å². The van der Waals surface area contributed by atoms with E-state index in [0.717, 1.165) is 31.8 Å². The van der Waals surface area contributed by atoms with Gasteiger partial charge in [0.2, 0.25) is 5.91 Å². The third kappa shape index (κ3) is 4.57. The molecule has 4 nitrogen and oxygen atoms in total. The van der Waals surface area contributed by atoms with Crippen molar-refractivity contribution in [2.24, 2.45) is 11.8 Å². The molecule has 1 amide bonds. The molecule has 152 valence electrons. The normalized spacial score (nSPS) is 24.5. The fourth-order valence-electron chi connectivity index (χ4n) is 4.88. The number of allylic oxidation sites excluding steroid dienone is 2. The molecular weight excluding hydrogens is 353 g/mol. The second-order valence-electron chi connectivity index (χ2n) is 8.49. The molecule has 0 aromatic heterocycles. The van der Waals surface area contributed by atoms with E-state index in [4.69, 9.17) is 0 Å². The molecule has 5 heteroatoms. The molecule has 28 heavy (non-hydrogen) atoms. The molecule has 3 aliphatic rings. The monoisotopic (exact) mass is 385 g/mol. The lowest BCUT2D eigenvalue weighted by Crippen LogP contribution is -2.52. The average molecular weight is 386 g/mol. The Morgan fingerprint density at radius 3 is 2.39 bits per heavy atom. The first-order valence-electron chi connectivity index (χ1n) is 10.9. The third-order valence-corrected chi connectivity index (χ3v) is 6.62. The van der Waals surface area contributed by atoms with Crippen LogP contribution >= 0.6 is 0 Å². The summed E-state index contributed by atoms with van der Waals surface area (Å²) in [5.74, 6) is 1.10. The van der Waals surface area contributed by atoms with Crippen molar-refractivity contribution in [1.82, 2.24) is 9.80 Å². The Bertz CT molecular complexity index is 691. The van der Waals surface area contributed by atoms with E-state index in [1.807, 2.05) is 17.0 Å². The smallest absolute Gasteiger partial charge is 0.225 e. The van der Waals surface area contributed by atoms with Crippen LogP contribution in [0.1, 0.15) is 32.1 Å². The lowest BCUT2D eigenvalue weighted by atomic mass is 9.91. The van der Waals surface area contributed by atoms with Crippen LogP contribution in [0.4, 0.5) is 10.1 Å². The Balaban J connectivity index is 1.23. The Morgan fingerprint density at radius 2 is 1.71 bits per heavy atom. The fourth-order valence-corrected chi connectivity index (χ4v) is 4.88. The minimum Gasteiger partial charge on any atom is -0.366 e. The molecule has 4 rings (SSSR count). The SMILES string of the molecule is O=C(C1CCN(C[C@H]2CC=CCC2)CC1)N1CCN(c2ccccc2F)CC1. The molecule has 1 atom stereocenters. The summed E-state index contributed by atoms with van der Waals surface area (Å²) in [7, 11) is 0. The van der Waals surface area contributed by atoms with Crippen LogP contribution in [0.25, 0.3) is 0 Å². The first kappa shape index (κ1) is 19.4. The minimum absolute atomic E-state index is 0.169. The number of carbonyl (C=O) groups is 1. The Morgan fingerprint density at radius 1 is 0.964 bits per heavy atom. The van der Waals surface area contributed by atoms with Gasteiger partial charge in [-0.3, -0.25) is 4.79 Å². The zero-order valence-corrected chi connectivity index (χ0v) is 16.7. The molecule has 1 aliphatic carbocycles. The van der Waals surface area contributed by atoms with Crippen LogP contribution < -0.4 is 4.90 Å². The zero-order valence-electron chi connectivity index (χ0n) is 16.7. The summed E-state index contributed by atoms with van der Waals surface area (Å²) in [4.78, 5) is 19.6. The second-order valence-corrected chi connectivity index (χ2v) is 8.49. The highest BCUT2D eigenvalue weighted by Crippen LogP contribution is 2.25. The van der Waals surface area contributed by atoms with Crippen LogP contribution in [-0.2, 0) is 4.79 Å². The number of piperidine rings is 1. The van der Waals surface area contributed by atoms with Crippen LogP contribution in [0.3, 0.4) is 0 Å². The highest BCUT2D eigenvalue weighted by Gasteiger charge is 2.31. The summed E-state index contributed by atoms with van der Waals surface area (Å²) in [5, 5.41) is 0. The standard InChI is InChI=1S/C23H32FN3O/c24-21-8-4-5-9-22(21)26-14-16-27(17-15-26)23(28)20-10-12-25(13-11-20)18-19-6-2-1-3-7-19/h1-2,4-5,8-9,19-20H,3,6-7,10-18H2/t19-/m0/s1. The van der Waals surface area contributed by atoms with Gasteiger partial charge < -0.3 is 14.7 Å². The van der Waals surface area contributed by atoms with Crippen LogP contribution in [0.5, 0.6) is 0 Å². The van der Waals surface area contributed by atoms with Crippen molar-refractivity contribution in [3.8, 4) is 0 Å². The maximum Gasteiger partial charge on any atom is 0.225 e. The quantitative estimate of drug-likeness (QED) is 0.742. The van der Waals surface area contributed by atoms with Gasteiger partial charge in [0.1, 0.15) is 5.82 Å². The number of carbonyl (C=O) groups excluding carboxylic acids is 1. The summed E-state index contributed by atoms with van der Waals surface area (Å²) in [6.07, 6.45) is 10.3. The van der Waals surface area contributed by atoms with Crippen LogP contribution in [0.2, 0.25) is 0 Å². The molecule has 0 unspecified atom stereocenters. The number of piperazine rings is 1. The number of likely N-dealkylation sites (tertiary alicyclic amines) is 1. The van der Waals surface area contributed by atoms with Crippen molar-refractivity contribution in [1.29, 1.82) is 0 Å². The van der Waals surface area contributed by atoms with Gasteiger partial charge >= 0.3 is 0 Å². The van der Waals surface area contributed by atoms with Gasteiger partial charge in [0.05, 0.1) is 5.69 Å². The maximum atomic E-state index is 14.0. The van der Waals surface area contributed by atoms with E-state index in [9.17, 15) is 9.18 Å². The van der Waals surface area contributed by atoms with Gasteiger partial charge in [0.15, 0.2) is 0 Å². The number of hydrogen-bond acceptors (Lipinski definition) is 3. The Kier molecular flexibility index (Phi) is 6.30. The summed E-state index contributed by atoms with van der Waals surface area (Å²) in [5.41, 5.74) is 0.653. The van der Waals surface area contributed by atoms with E-state index in [1.54, 1.807) is 6.07 Å².